The molecule has 1 saturated heterocycles. The van der Waals surface area contributed by atoms with Gasteiger partial charge in [0.05, 0.1) is 0 Å². The summed E-state index contributed by atoms with van der Waals surface area (Å²) in [5, 5.41) is 0. The van der Waals surface area contributed by atoms with Gasteiger partial charge in [-0.2, -0.15) is 0 Å². The first-order valence-corrected chi connectivity index (χ1v) is 6.17. The normalized spacial score (nSPS) is 19.4. The highest BCUT2D eigenvalue weighted by Gasteiger charge is 2.13. The lowest BCUT2D eigenvalue weighted by atomic mass is 9.96. The fraction of sp³-hybridized carbons (Fsp3) is 0.467. The van der Waals surface area contributed by atoms with Crippen molar-refractivity contribution in [1.29, 1.82) is 0 Å². The number of rotatable bonds is 2. The second kappa shape index (κ2) is 5.31. The molecular formula is C15H21N. The molecule has 1 nitrogen and oxygen atoms in total. The molecule has 1 aromatic rings. The van der Waals surface area contributed by atoms with Crippen LogP contribution in [0.5, 0.6) is 0 Å². The molecule has 16 heavy (non-hydrogen) atoms. The van der Waals surface area contributed by atoms with Crippen molar-refractivity contribution in [2.45, 2.75) is 19.8 Å². The van der Waals surface area contributed by atoms with E-state index in [1.165, 1.54) is 37.1 Å². The van der Waals surface area contributed by atoms with Gasteiger partial charge in [0.25, 0.3) is 0 Å². The Hall–Kier alpha value is -1.08. The first kappa shape index (κ1) is 11.4. The number of aryl methyl sites for hydroxylation is 1. The number of hydrogen-bond donors (Lipinski definition) is 0. The molecule has 0 radical (unpaired) electrons. The molecule has 0 atom stereocenters. The Bertz CT molecular complexity index is 342. The lowest BCUT2D eigenvalue weighted by Gasteiger charge is -2.26. The van der Waals surface area contributed by atoms with E-state index in [9.17, 15) is 0 Å². The van der Waals surface area contributed by atoms with Crippen LogP contribution in [-0.2, 0) is 0 Å². The number of likely N-dealkylation sites (tertiary alicyclic amines) is 1. The third-order valence-electron chi connectivity index (χ3n) is 3.40. The molecule has 0 bridgehead atoms. The van der Waals surface area contributed by atoms with Gasteiger partial charge in [0, 0.05) is 0 Å². The van der Waals surface area contributed by atoms with Gasteiger partial charge < -0.3 is 4.90 Å². The minimum absolute atomic E-state index is 0.775. The molecule has 86 valence electrons. The van der Waals surface area contributed by atoms with Gasteiger partial charge in [0.2, 0.25) is 0 Å². The van der Waals surface area contributed by atoms with Crippen LogP contribution in [0, 0.1) is 12.8 Å². The second-order valence-corrected chi connectivity index (χ2v) is 4.91. The Labute approximate surface area is 98.8 Å². The molecule has 0 saturated carbocycles. The SMILES string of the molecule is Cc1ccc(C=CC2CCN(C)CC2)cc1. The fourth-order valence-electron chi connectivity index (χ4n) is 2.15. The summed E-state index contributed by atoms with van der Waals surface area (Å²) in [6.07, 6.45) is 7.27. The maximum atomic E-state index is 2.41. The van der Waals surface area contributed by atoms with Crippen LogP contribution in [0.3, 0.4) is 0 Å². The van der Waals surface area contributed by atoms with Gasteiger partial charge in [0.1, 0.15) is 0 Å². The third-order valence-corrected chi connectivity index (χ3v) is 3.40. The van der Waals surface area contributed by atoms with Crippen molar-refractivity contribution in [1.82, 2.24) is 4.90 Å². The first-order chi connectivity index (χ1) is 7.74. The summed E-state index contributed by atoms with van der Waals surface area (Å²) < 4.78 is 0. The summed E-state index contributed by atoms with van der Waals surface area (Å²) in [6, 6.07) is 8.74. The Morgan fingerprint density at radius 2 is 1.75 bits per heavy atom. The van der Waals surface area contributed by atoms with Crippen molar-refractivity contribution in [3.8, 4) is 0 Å². The van der Waals surface area contributed by atoms with Gasteiger partial charge in [-0.05, 0) is 51.4 Å². The van der Waals surface area contributed by atoms with Crippen LogP contribution >= 0.6 is 0 Å². The van der Waals surface area contributed by atoms with Crippen LogP contribution in [0.1, 0.15) is 24.0 Å². The summed E-state index contributed by atoms with van der Waals surface area (Å²) in [6.45, 7) is 4.61. The van der Waals surface area contributed by atoms with Gasteiger partial charge in [-0.3, -0.25) is 0 Å². The lowest BCUT2D eigenvalue weighted by molar-refractivity contribution is 0.244. The molecule has 0 spiro atoms. The van der Waals surface area contributed by atoms with E-state index < -0.39 is 0 Å². The molecule has 0 unspecified atom stereocenters. The lowest BCUT2D eigenvalue weighted by Crippen LogP contribution is -2.29. The molecule has 1 aromatic carbocycles. The monoisotopic (exact) mass is 215 g/mol. The maximum Gasteiger partial charge on any atom is -0.00162 e. The molecule has 0 amide bonds. The number of allylic oxidation sites excluding steroid dienone is 1. The minimum Gasteiger partial charge on any atom is -0.306 e. The van der Waals surface area contributed by atoms with Gasteiger partial charge in [0.15, 0.2) is 0 Å². The number of nitrogens with zero attached hydrogens (tertiary/aromatic N) is 1. The smallest absolute Gasteiger partial charge is 0.00162 e. The summed E-state index contributed by atoms with van der Waals surface area (Å²) in [5.74, 6) is 0.775. The zero-order chi connectivity index (χ0) is 11.4. The average Bonchev–Trinajstić information content (AvgIpc) is 2.30. The van der Waals surface area contributed by atoms with Crippen molar-refractivity contribution in [3.63, 3.8) is 0 Å². The molecule has 1 fully saturated rings. The topological polar surface area (TPSA) is 3.24 Å². The van der Waals surface area contributed by atoms with Crippen molar-refractivity contribution < 1.29 is 0 Å². The quantitative estimate of drug-likeness (QED) is 0.731. The fourth-order valence-corrected chi connectivity index (χ4v) is 2.15. The summed E-state index contributed by atoms with van der Waals surface area (Å²) in [5.41, 5.74) is 2.65. The minimum atomic E-state index is 0.775. The van der Waals surface area contributed by atoms with Crippen LogP contribution in [0.2, 0.25) is 0 Å². The zero-order valence-electron chi connectivity index (χ0n) is 10.3. The number of benzene rings is 1. The van der Waals surface area contributed by atoms with Gasteiger partial charge in [-0.1, -0.05) is 42.0 Å². The Kier molecular flexibility index (Phi) is 3.79. The first-order valence-electron chi connectivity index (χ1n) is 6.17. The van der Waals surface area contributed by atoms with Gasteiger partial charge in [-0.25, -0.2) is 0 Å². The molecule has 1 heterocycles. The van der Waals surface area contributed by atoms with Crippen molar-refractivity contribution >= 4 is 6.08 Å². The van der Waals surface area contributed by atoms with Crippen LogP contribution in [-0.4, -0.2) is 25.0 Å². The van der Waals surface area contributed by atoms with E-state index in [4.69, 9.17) is 0 Å². The number of piperidine rings is 1. The van der Waals surface area contributed by atoms with Crippen LogP contribution in [0.15, 0.2) is 30.3 Å². The van der Waals surface area contributed by atoms with Crippen molar-refractivity contribution in [2.24, 2.45) is 5.92 Å². The third kappa shape index (κ3) is 3.21. The predicted molar refractivity (Wildman–Crippen MR) is 70.4 cm³/mol. The van der Waals surface area contributed by atoms with E-state index in [0.717, 1.165) is 5.92 Å². The van der Waals surface area contributed by atoms with Gasteiger partial charge in [-0.15, -0.1) is 0 Å². The maximum absolute atomic E-state index is 2.41. The Morgan fingerprint density at radius 1 is 1.12 bits per heavy atom. The molecule has 1 aliphatic heterocycles. The Balaban J connectivity index is 1.91. The number of hydrogen-bond acceptors (Lipinski definition) is 1. The van der Waals surface area contributed by atoms with Crippen LogP contribution in [0.4, 0.5) is 0 Å². The van der Waals surface area contributed by atoms with Crippen molar-refractivity contribution in [3.05, 3.63) is 41.5 Å². The summed E-state index contributed by atoms with van der Waals surface area (Å²) >= 11 is 0. The van der Waals surface area contributed by atoms with Gasteiger partial charge >= 0.3 is 0 Å². The highest BCUT2D eigenvalue weighted by molar-refractivity contribution is 5.49. The molecule has 0 aliphatic carbocycles. The molecule has 0 N–H and O–H groups in total. The van der Waals surface area contributed by atoms with E-state index in [1.807, 2.05) is 0 Å². The highest BCUT2D eigenvalue weighted by atomic mass is 15.1. The van der Waals surface area contributed by atoms with Crippen LogP contribution in [0.25, 0.3) is 6.08 Å². The zero-order valence-corrected chi connectivity index (χ0v) is 10.3. The van der Waals surface area contributed by atoms with E-state index in [2.05, 4.69) is 55.3 Å². The van der Waals surface area contributed by atoms with E-state index in [0.29, 0.717) is 0 Å². The van der Waals surface area contributed by atoms with E-state index in [-0.39, 0.29) is 0 Å². The standard InChI is InChI=1S/C15H21N/c1-13-3-5-14(6-4-13)7-8-15-9-11-16(2)12-10-15/h3-8,15H,9-12H2,1-2H3. The van der Waals surface area contributed by atoms with Crippen LogP contribution < -0.4 is 0 Å². The molecule has 1 heteroatoms. The second-order valence-electron chi connectivity index (χ2n) is 4.91. The average molecular weight is 215 g/mol. The van der Waals surface area contributed by atoms with E-state index in [1.54, 1.807) is 0 Å². The molecule has 2 rings (SSSR count). The molecule has 0 aromatic heterocycles. The highest BCUT2D eigenvalue weighted by Crippen LogP contribution is 2.18. The molecular weight excluding hydrogens is 194 g/mol. The molecule has 1 aliphatic rings. The predicted octanol–water partition coefficient (Wildman–Crippen LogP) is 3.35. The van der Waals surface area contributed by atoms with Crippen molar-refractivity contribution in [2.75, 3.05) is 20.1 Å². The summed E-state index contributed by atoms with van der Waals surface area (Å²) in [4.78, 5) is 2.41. The Morgan fingerprint density at radius 3 is 2.38 bits per heavy atom. The summed E-state index contributed by atoms with van der Waals surface area (Å²) in [7, 11) is 2.21. The largest absolute Gasteiger partial charge is 0.306 e. The van der Waals surface area contributed by atoms with E-state index >= 15 is 0 Å².